The highest BCUT2D eigenvalue weighted by Gasteiger charge is 2.14. The number of carbonyl (C=O) groups is 2. The summed E-state index contributed by atoms with van der Waals surface area (Å²) in [5, 5.41) is 18.5. The number of nitrogens with zero attached hydrogens (tertiary/aromatic N) is 2. The van der Waals surface area contributed by atoms with Gasteiger partial charge in [-0.15, -0.1) is 10.2 Å². The molecule has 0 bridgehead atoms. The van der Waals surface area contributed by atoms with Crippen LogP contribution in [-0.2, 0) is 16.0 Å². The molecular formula is C13H13N3O3S2. The number of carbonyl (C=O) groups excluding carboxylic acids is 1. The molecule has 0 unspecified atom stereocenters. The summed E-state index contributed by atoms with van der Waals surface area (Å²) in [7, 11) is 0. The molecule has 0 atom stereocenters. The van der Waals surface area contributed by atoms with E-state index in [1.54, 1.807) is 11.8 Å². The van der Waals surface area contributed by atoms with Gasteiger partial charge in [-0.1, -0.05) is 53.4 Å². The summed E-state index contributed by atoms with van der Waals surface area (Å²) in [6, 6.07) is 10.2. The zero-order valence-electron chi connectivity index (χ0n) is 11.0. The smallest absolute Gasteiger partial charge is 0.394 e. The molecule has 2 rings (SSSR count). The van der Waals surface area contributed by atoms with Crippen molar-refractivity contribution in [3.05, 3.63) is 35.9 Å². The van der Waals surface area contributed by atoms with E-state index in [1.165, 1.54) is 16.9 Å². The first kappa shape index (κ1) is 15.5. The molecule has 2 aromatic rings. The van der Waals surface area contributed by atoms with Crippen LogP contribution in [0.2, 0.25) is 0 Å². The number of rotatable bonds is 6. The van der Waals surface area contributed by atoms with Crippen LogP contribution in [0, 0.1) is 0 Å². The number of aliphatic carboxylic acids is 1. The summed E-state index contributed by atoms with van der Waals surface area (Å²) < 4.78 is 0.712. The van der Waals surface area contributed by atoms with Crippen molar-refractivity contribution >= 4 is 40.1 Å². The van der Waals surface area contributed by atoms with Crippen LogP contribution < -0.4 is 5.32 Å². The van der Waals surface area contributed by atoms with Crippen molar-refractivity contribution < 1.29 is 14.7 Å². The second-order valence-corrected chi connectivity index (χ2v) is 6.39. The van der Waals surface area contributed by atoms with E-state index in [2.05, 4.69) is 27.6 Å². The second-order valence-electron chi connectivity index (χ2n) is 4.07. The minimum absolute atomic E-state index is 0.202. The maximum absolute atomic E-state index is 11.0. The Balaban J connectivity index is 1.73. The SMILES string of the molecule is O=C(O)C(=O)Nc1nnc(SCCCc2ccccc2)s1. The van der Waals surface area contributed by atoms with Gasteiger partial charge in [-0.05, 0) is 18.4 Å². The van der Waals surface area contributed by atoms with Crippen molar-refractivity contribution in [1.82, 2.24) is 10.2 Å². The lowest BCUT2D eigenvalue weighted by molar-refractivity contribution is -0.147. The quantitative estimate of drug-likeness (QED) is 0.367. The lowest BCUT2D eigenvalue weighted by Gasteiger charge is -1.99. The average molecular weight is 323 g/mol. The molecule has 0 saturated heterocycles. The summed E-state index contributed by atoms with van der Waals surface area (Å²) in [4.78, 5) is 21.4. The zero-order valence-corrected chi connectivity index (χ0v) is 12.6. The van der Waals surface area contributed by atoms with Gasteiger partial charge in [0.1, 0.15) is 0 Å². The minimum atomic E-state index is -1.54. The van der Waals surface area contributed by atoms with Crippen molar-refractivity contribution in [2.24, 2.45) is 0 Å². The fourth-order valence-electron chi connectivity index (χ4n) is 1.55. The number of hydrogen-bond donors (Lipinski definition) is 2. The molecule has 0 fully saturated rings. The van der Waals surface area contributed by atoms with E-state index in [1.807, 2.05) is 18.2 Å². The standard InChI is InChI=1S/C13H13N3O3S2/c17-10(11(18)19)14-12-15-16-13(21-12)20-8-4-7-9-5-2-1-3-6-9/h1-3,5-6H,4,7-8H2,(H,18,19)(H,14,15,17). The van der Waals surface area contributed by atoms with Crippen molar-refractivity contribution in [3.8, 4) is 0 Å². The number of carboxylic acids is 1. The number of amides is 1. The van der Waals surface area contributed by atoms with Crippen LogP contribution in [0.15, 0.2) is 34.7 Å². The average Bonchev–Trinajstić information content (AvgIpc) is 2.92. The molecule has 0 radical (unpaired) electrons. The number of thioether (sulfide) groups is 1. The van der Waals surface area contributed by atoms with Crippen molar-refractivity contribution in [3.63, 3.8) is 0 Å². The lowest BCUT2D eigenvalue weighted by Crippen LogP contribution is -2.21. The van der Waals surface area contributed by atoms with Gasteiger partial charge in [0.05, 0.1) is 0 Å². The summed E-state index contributed by atoms with van der Waals surface area (Å²) in [5.41, 5.74) is 1.30. The van der Waals surface area contributed by atoms with E-state index in [0.717, 1.165) is 18.6 Å². The van der Waals surface area contributed by atoms with Crippen LogP contribution in [0.3, 0.4) is 0 Å². The van der Waals surface area contributed by atoms with Gasteiger partial charge in [0.25, 0.3) is 0 Å². The van der Waals surface area contributed by atoms with E-state index < -0.39 is 11.9 Å². The largest absolute Gasteiger partial charge is 0.474 e. The first-order chi connectivity index (χ1) is 10.1. The highest BCUT2D eigenvalue weighted by Crippen LogP contribution is 2.26. The van der Waals surface area contributed by atoms with Crippen molar-refractivity contribution in [2.75, 3.05) is 11.1 Å². The van der Waals surface area contributed by atoms with Gasteiger partial charge in [-0.2, -0.15) is 0 Å². The zero-order chi connectivity index (χ0) is 15.1. The molecule has 0 aliphatic carbocycles. The van der Waals surface area contributed by atoms with Crippen LogP contribution in [0.25, 0.3) is 0 Å². The lowest BCUT2D eigenvalue weighted by atomic mass is 10.1. The number of nitrogens with one attached hydrogen (secondary N) is 1. The van der Waals surface area contributed by atoms with Crippen molar-refractivity contribution in [1.29, 1.82) is 0 Å². The Morgan fingerprint density at radius 2 is 2.00 bits per heavy atom. The van der Waals surface area contributed by atoms with Crippen LogP contribution in [-0.4, -0.2) is 32.9 Å². The number of anilines is 1. The number of aryl methyl sites for hydroxylation is 1. The van der Waals surface area contributed by atoms with Crippen LogP contribution in [0.5, 0.6) is 0 Å². The molecule has 1 amide bonds. The molecule has 8 heteroatoms. The van der Waals surface area contributed by atoms with Gasteiger partial charge in [-0.25, -0.2) is 4.79 Å². The van der Waals surface area contributed by atoms with E-state index in [4.69, 9.17) is 5.11 Å². The van der Waals surface area contributed by atoms with Gasteiger partial charge < -0.3 is 5.11 Å². The molecule has 110 valence electrons. The number of carboxylic acid groups (broad SMARTS) is 1. The first-order valence-corrected chi connectivity index (χ1v) is 8.00. The summed E-state index contributed by atoms with van der Waals surface area (Å²) in [5.74, 6) is -1.76. The normalized spacial score (nSPS) is 10.3. The Morgan fingerprint density at radius 1 is 1.24 bits per heavy atom. The third-order valence-corrected chi connectivity index (χ3v) is 4.56. The van der Waals surface area contributed by atoms with E-state index in [0.29, 0.717) is 4.34 Å². The van der Waals surface area contributed by atoms with Crippen LogP contribution in [0.4, 0.5) is 5.13 Å². The maximum atomic E-state index is 11.0. The highest BCUT2D eigenvalue weighted by atomic mass is 32.2. The Kier molecular flexibility index (Phi) is 5.70. The van der Waals surface area contributed by atoms with E-state index in [-0.39, 0.29) is 5.13 Å². The Morgan fingerprint density at radius 3 is 2.71 bits per heavy atom. The fourth-order valence-corrected chi connectivity index (χ4v) is 3.31. The van der Waals surface area contributed by atoms with E-state index >= 15 is 0 Å². The van der Waals surface area contributed by atoms with Crippen LogP contribution >= 0.6 is 23.1 Å². The summed E-state index contributed by atoms with van der Waals surface area (Å²) in [6.07, 6.45) is 2.00. The topological polar surface area (TPSA) is 92.2 Å². The third-order valence-electron chi connectivity index (χ3n) is 2.50. The number of benzene rings is 1. The highest BCUT2D eigenvalue weighted by molar-refractivity contribution is 8.01. The van der Waals surface area contributed by atoms with E-state index in [9.17, 15) is 9.59 Å². The summed E-state index contributed by atoms with van der Waals surface area (Å²) >= 11 is 2.71. The molecule has 0 spiro atoms. The molecule has 6 nitrogen and oxygen atoms in total. The van der Waals surface area contributed by atoms with Gasteiger partial charge in [-0.3, -0.25) is 10.1 Å². The van der Waals surface area contributed by atoms with Gasteiger partial charge in [0.15, 0.2) is 4.34 Å². The fraction of sp³-hybridized carbons (Fsp3) is 0.231. The first-order valence-electron chi connectivity index (χ1n) is 6.19. The Bertz CT molecular complexity index is 616. The number of aromatic nitrogens is 2. The molecule has 21 heavy (non-hydrogen) atoms. The number of hydrogen-bond acceptors (Lipinski definition) is 6. The molecule has 1 aromatic heterocycles. The van der Waals surface area contributed by atoms with Crippen LogP contribution in [0.1, 0.15) is 12.0 Å². The van der Waals surface area contributed by atoms with Gasteiger partial charge >= 0.3 is 11.9 Å². The maximum Gasteiger partial charge on any atom is 0.394 e. The second kappa shape index (κ2) is 7.75. The van der Waals surface area contributed by atoms with Gasteiger partial charge in [0, 0.05) is 5.75 Å². The Hall–Kier alpha value is -1.93. The molecule has 1 aromatic carbocycles. The predicted octanol–water partition coefficient (Wildman–Crippen LogP) is 2.29. The van der Waals surface area contributed by atoms with Gasteiger partial charge in [0.2, 0.25) is 5.13 Å². The molecule has 0 saturated carbocycles. The molecule has 0 aliphatic rings. The monoisotopic (exact) mass is 323 g/mol. The molecule has 0 aliphatic heterocycles. The molecular weight excluding hydrogens is 310 g/mol. The minimum Gasteiger partial charge on any atom is -0.474 e. The van der Waals surface area contributed by atoms with Crippen molar-refractivity contribution in [2.45, 2.75) is 17.2 Å². The predicted molar refractivity (Wildman–Crippen MR) is 81.7 cm³/mol. The third kappa shape index (κ3) is 5.16. The summed E-state index contributed by atoms with van der Waals surface area (Å²) in [6.45, 7) is 0. The molecule has 2 N–H and O–H groups in total. The Labute approximate surface area is 129 Å². The molecule has 1 heterocycles.